The molecule has 1 saturated heterocycles. The third-order valence-electron chi connectivity index (χ3n) is 11.4. The number of allylic oxidation sites excluding steroid dienone is 1. The summed E-state index contributed by atoms with van der Waals surface area (Å²) in [4.78, 5) is 36.2. The number of hydrogen-bond acceptors (Lipinski definition) is 9. The van der Waals surface area contributed by atoms with Gasteiger partial charge in [0.15, 0.2) is 11.0 Å². The van der Waals surface area contributed by atoms with Gasteiger partial charge < -0.3 is 19.9 Å². The highest BCUT2D eigenvalue weighted by molar-refractivity contribution is 7.83. The molecule has 15 heteroatoms. The van der Waals surface area contributed by atoms with Crippen LogP contribution in [-0.2, 0) is 11.0 Å². The smallest absolute Gasteiger partial charge is 0.293 e. The molecule has 56 heavy (non-hydrogen) atoms. The molecule has 0 bridgehead atoms. The molecule has 2 aliphatic carbocycles. The third kappa shape index (κ3) is 7.73. The van der Waals surface area contributed by atoms with E-state index in [-0.39, 0.29) is 17.0 Å². The number of nitro groups is 1. The minimum Gasteiger partial charge on any atom is -0.455 e. The van der Waals surface area contributed by atoms with Gasteiger partial charge in [-0.15, -0.1) is 0 Å². The first kappa shape index (κ1) is 37.6. The van der Waals surface area contributed by atoms with Crippen molar-refractivity contribution in [1.29, 1.82) is 0 Å². The number of amides is 1. The minimum absolute atomic E-state index is 0.0415. The molecule has 1 amide bonds. The van der Waals surface area contributed by atoms with E-state index in [4.69, 9.17) is 16.3 Å². The van der Waals surface area contributed by atoms with Crippen molar-refractivity contribution in [2.75, 3.05) is 50.0 Å². The molecule has 2 fully saturated rings. The Morgan fingerprint density at radius 1 is 1.07 bits per heavy atom. The lowest BCUT2D eigenvalue weighted by atomic mass is 9.59. The second-order valence-electron chi connectivity index (χ2n) is 14.8. The number of pyridine rings is 1. The number of aromatic nitrogens is 2. The molecule has 12 nitrogen and oxygen atoms in total. The SMILES string of the molecule is CNc1cc(F)c(S(=O)NC(=O)c2ccc(N3CCN(CC4=C(c5ccc(Cl)cc5)CC5(CCC5)CC4)CC3)cc2Oc2cnc3[nH]ccc3c2)cc1[N+](=O)[O-]. The number of benzene rings is 3. The van der Waals surface area contributed by atoms with Gasteiger partial charge in [0.1, 0.15) is 33.5 Å². The number of nitro benzene ring substituents is 1. The van der Waals surface area contributed by atoms with Crippen LogP contribution in [0.15, 0.2) is 89.6 Å². The van der Waals surface area contributed by atoms with Crippen LogP contribution in [0.5, 0.6) is 11.5 Å². The van der Waals surface area contributed by atoms with E-state index in [1.165, 1.54) is 55.6 Å². The predicted molar refractivity (Wildman–Crippen MR) is 216 cm³/mol. The summed E-state index contributed by atoms with van der Waals surface area (Å²) in [6, 6.07) is 18.8. The number of nitrogens with one attached hydrogen (secondary N) is 3. The second kappa shape index (κ2) is 15.7. The van der Waals surface area contributed by atoms with Crippen molar-refractivity contribution in [2.24, 2.45) is 5.41 Å². The van der Waals surface area contributed by atoms with Crippen LogP contribution in [0, 0.1) is 21.3 Å². The predicted octanol–water partition coefficient (Wildman–Crippen LogP) is 8.48. The van der Waals surface area contributed by atoms with Gasteiger partial charge in [0.2, 0.25) is 0 Å². The van der Waals surface area contributed by atoms with E-state index in [0.717, 1.165) is 73.8 Å². The van der Waals surface area contributed by atoms with Crippen molar-refractivity contribution in [1.82, 2.24) is 19.6 Å². The van der Waals surface area contributed by atoms with Gasteiger partial charge in [-0.3, -0.25) is 24.5 Å². The van der Waals surface area contributed by atoms with Crippen molar-refractivity contribution < 1.29 is 23.1 Å². The molecular weight excluding hydrogens is 757 g/mol. The number of carbonyl (C=O) groups excluding carboxylic acids is 1. The molecule has 1 atom stereocenters. The fraction of sp³-hybridized carbons (Fsp3) is 0.317. The number of nitrogens with zero attached hydrogens (tertiary/aromatic N) is 4. The zero-order valence-corrected chi connectivity index (χ0v) is 32.4. The average Bonchev–Trinajstić information content (AvgIpc) is 3.66. The average molecular weight is 798 g/mol. The molecule has 8 rings (SSSR count). The van der Waals surface area contributed by atoms with Crippen LogP contribution >= 0.6 is 11.6 Å². The fourth-order valence-electron chi connectivity index (χ4n) is 8.14. The highest BCUT2D eigenvalue weighted by atomic mass is 35.5. The molecule has 3 aromatic carbocycles. The van der Waals surface area contributed by atoms with E-state index in [2.05, 4.69) is 41.9 Å². The molecule has 5 aromatic rings. The number of ether oxygens (including phenoxy) is 1. The maximum Gasteiger partial charge on any atom is 0.293 e. The van der Waals surface area contributed by atoms with Crippen molar-refractivity contribution in [3.8, 4) is 11.5 Å². The summed E-state index contributed by atoms with van der Waals surface area (Å²) in [6.45, 7) is 4.11. The number of rotatable bonds is 11. The van der Waals surface area contributed by atoms with Crippen LogP contribution in [0.25, 0.3) is 16.6 Å². The first-order valence-corrected chi connectivity index (χ1v) is 20.2. The number of carbonyl (C=O) groups is 1. The number of halogens is 2. The van der Waals surface area contributed by atoms with Gasteiger partial charge in [0.25, 0.3) is 11.6 Å². The largest absolute Gasteiger partial charge is 0.455 e. The molecular formula is C41H41ClFN7O5S. The van der Waals surface area contributed by atoms with Gasteiger partial charge in [0, 0.05) is 80.3 Å². The van der Waals surface area contributed by atoms with Gasteiger partial charge in [0.05, 0.1) is 16.7 Å². The van der Waals surface area contributed by atoms with Crippen LogP contribution < -0.4 is 19.7 Å². The Kier molecular flexibility index (Phi) is 10.5. The van der Waals surface area contributed by atoms with E-state index < -0.39 is 38.2 Å². The lowest BCUT2D eigenvalue weighted by molar-refractivity contribution is -0.384. The number of anilines is 2. The van der Waals surface area contributed by atoms with Crippen molar-refractivity contribution >= 4 is 62.2 Å². The Bertz CT molecular complexity index is 2370. The molecule has 2 aromatic heterocycles. The Hall–Kier alpha value is -5.31. The lowest BCUT2D eigenvalue weighted by Crippen LogP contribution is -2.47. The Morgan fingerprint density at radius 3 is 2.57 bits per heavy atom. The fourth-order valence-corrected chi connectivity index (χ4v) is 9.11. The number of hydrogen-bond donors (Lipinski definition) is 3. The maximum absolute atomic E-state index is 15.0. The Labute approximate surface area is 330 Å². The summed E-state index contributed by atoms with van der Waals surface area (Å²) in [6.07, 6.45) is 10.7. The van der Waals surface area contributed by atoms with Gasteiger partial charge in [-0.1, -0.05) is 35.7 Å². The summed E-state index contributed by atoms with van der Waals surface area (Å²) >= 11 is 6.26. The second-order valence-corrected chi connectivity index (χ2v) is 16.4. The van der Waals surface area contributed by atoms with Crippen molar-refractivity contribution in [2.45, 2.75) is 43.4 Å². The highest BCUT2D eigenvalue weighted by Crippen LogP contribution is 2.55. The summed E-state index contributed by atoms with van der Waals surface area (Å²) in [5.74, 6) is -1.23. The molecule has 1 aliphatic heterocycles. The van der Waals surface area contributed by atoms with Gasteiger partial charge in [-0.25, -0.2) is 13.6 Å². The zero-order chi connectivity index (χ0) is 39.0. The van der Waals surface area contributed by atoms with E-state index in [9.17, 15) is 23.5 Å². The summed E-state index contributed by atoms with van der Waals surface area (Å²) in [5, 5.41) is 15.7. The molecule has 3 heterocycles. The molecule has 290 valence electrons. The highest BCUT2D eigenvalue weighted by Gasteiger charge is 2.41. The van der Waals surface area contributed by atoms with Crippen LogP contribution in [0.3, 0.4) is 0 Å². The Balaban J connectivity index is 1.02. The van der Waals surface area contributed by atoms with Gasteiger partial charge in [-0.05, 0) is 85.1 Å². The first-order valence-electron chi connectivity index (χ1n) is 18.7. The number of H-pyrrole nitrogens is 1. The quantitative estimate of drug-likeness (QED) is 0.0885. The molecule has 0 radical (unpaired) electrons. The first-order chi connectivity index (χ1) is 27.1. The van der Waals surface area contributed by atoms with Crippen LogP contribution in [0.4, 0.5) is 21.5 Å². The molecule has 1 unspecified atom stereocenters. The minimum atomic E-state index is -2.47. The molecule has 3 N–H and O–H groups in total. The van der Waals surface area contributed by atoms with E-state index >= 15 is 0 Å². The van der Waals surface area contributed by atoms with E-state index in [1.54, 1.807) is 24.4 Å². The van der Waals surface area contributed by atoms with Crippen molar-refractivity contribution in [3.63, 3.8) is 0 Å². The maximum atomic E-state index is 15.0. The molecule has 3 aliphatic rings. The summed E-state index contributed by atoms with van der Waals surface area (Å²) < 4.78 is 36.8. The number of piperazine rings is 1. The van der Waals surface area contributed by atoms with Gasteiger partial charge >= 0.3 is 0 Å². The molecule has 1 spiro atoms. The van der Waals surface area contributed by atoms with Crippen LogP contribution in [0.2, 0.25) is 5.02 Å². The van der Waals surface area contributed by atoms with Crippen LogP contribution in [0.1, 0.15) is 54.4 Å². The molecule has 1 saturated carbocycles. The van der Waals surface area contributed by atoms with Crippen molar-refractivity contribution in [3.05, 3.63) is 117 Å². The topological polar surface area (TPSA) is 146 Å². The standard InChI is InChI=1S/C41H41ClFN7O5S/c1-44-35-21-34(43)38(22-36(35)50(52)53)56(54)47-40(51)32-8-7-30(20-37(32)55-31-19-27-10-14-45-39(27)46-24-31)49-17-15-48(16-18-49)25-28-9-13-41(11-2-12-41)23-33(28)26-3-5-29(42)6-4-26/h3-8,10,14,19-22,24,44H,2,9,11-13,15-18,23,25H2,1H3,(H,45,46)(H,47,51). The third-order valence-corrected chi connectivity index (χ3v) is 12.7. The lowest BCUT2D eigenvalue weighted by Gasteiger charge is -2.47. The summed E-state index contributed by atoms with van der Waals surface area (Å²) in [5.41, 5.74) is 5.71. The Morgan fingerprint density at radius 2 is 1.86 bits per heavy atom. The number of fused-ring (bicyclic) bond motifs is 1. The van der Waals surface area contributed by atoms with E-state index in [0.29, 0.717) is 16.8 Å². The normalized spacial score (nSPS) is 17.4. The zero-order valence-electron chi connectivity index (χ0n) is 30.8. The monoisotopic (exact) mass is 797 g/mol. The van der Waals surface area contributed by atoms with Crippen LogP contribution in [-0.4, -0.2) is 69.7 Å². The van der Waals surface area contributed by atoms with Gasteiger partial charge in [-0.2, -0.15) is 0 Å². The summed E-state index contributed by atoms with van der Waals surface area (Å²) in [7, 11) is -1.06. The van der Waals surface area contributed by atoms with E-state index in [1.807, 2.05) is 24.3 Å². The number of aromatic amines is 1.